The van der Waals surface area contributed by atoms with E-state index in [0.717, 1.165) is 56.0 Å². The summed E-state index contributed by atoms with van der Waals surface area (Å²) in [5.74, 6) is 0.762. The molecule has 1 saturated heterocycles. The second kappa shape index (κ2) is 8.72. The van der Waals surface area contributed by atoms with Gasteiger partial charge >= 0.3 is 0 Å². The predicted octanol–water partition coefficient (Wildman–Crippen LogP) is 2.80. The molecule has 1 unspecified atom stereocenters. The first-order valence-corrected chi connectivity index (χ1v) is 11.6. The molecular formula is C23H25N5O2S. The summed E-state index contributed by atoms with van der Waals surface area (Å²) in [6, 6.07) is 7.76. The summed E-state index contributed by atoms with van der Waals surface area (Å²) in [4.78, 5) is 43.2. The quantitative estimate of drug-likeness (QED) is 0.682. The van der Waals surface area contributed by atoms with Crippen LogP contribution in [0.5, 0.6) is 0 Å². The van der Waals surface area contributed by atoms with Crippen molar-refractivity contribution in [1.29, 1.82) is 0 Å². The van der Waals surface area contributed by atoms with Crippen molar-refractivity contribution >= 4 is 17.2 Å². The van der Waals surface area contributed by atoms with Crippen LogP contribution >= 0.6 is 11.3 Å². The van der Waals surface area contributed by atoms with Gasteiger partial charge in [0.2, 0.25) is 0 Å². The monoisotopic (exact) mass is 435 g/mol. The van der Waals surface area contributed by atoms with Crippen molar-refractivity contribution in [3.8, 4) is 0 Å². The smallest absolute Gasteiger partial charge is 0.255 e. The minimum Gasteiger partial charge on any atom is -0.338 e. The number of hydrogen-bond donors (Lipinski definition) is 1. The number of likely N-dealkylation sites (tertiary alicyclic amines) is 1. The summed E-state index contributed by atoms with van der Waals surface area (Å²) in [5, 5.41) is 2.08. The summed E-state index contributed by atoms with van der Waals surface area (Å²) < 4.78 is 0. The Balaban J connectivity index is 1.32. The molecule has 31 heavy (non-hydrogen) atoms. The van der Waals surface area contributed by atoms with Gasteiger partial charge in [0.1, 0.15) is 5.82 Å². The summed E-state index contributed by atoms with van der Waals surface area (Å²) in [5.41, 5.74) is 2.26. The Morgan fingerprint density at radius 2 is 2.19 bits per heavy atom. The zero-order valence-corrected chi connectivity index (χ0v) is 18.1. The predicted molar refractivity (Wildman–Crippen MR) is 119 cm³/mol. The van der Waals surface area contributed by atoms with Crippen LogP contribution in [0.1, 0.15) is 51.1 Å². The van der Waals surface area contributed by atoms with Gasteiger partial charge < -0.3 is 9.88 Å². The standard InChI is InChI=1S/C23H25N5O2S/c29-22-19-15-27(14-18-6-3-11-31-18)10-7-20(19)25-21(26-22)17-5-2-9-28(13-17)23(30)16-4-1-8-24-12-16/h1,3-4,6,8,11-12,17H,2,5,7,9-10,13-15H2,(H,25,26,29). The second-order valence-electron chi connectivity index (χ2n) is 8.25. The lowest BCUT2D eigenvalue weighted by molar-refractivity contribution is 0.0704. The van der Waals surface area contributed by atoms with Crippen molar-refractivity contribution in [2.75, 3.05) is 19.6 Å². The van der Waals surface area contributed by atoms with E-state index in [0.29, 0.717) is 18.7 Å². The van der Waals surface area contributed by atoms with Gasteiger partial charge in [-0.25, -0.2) is 4.98 Å². The Labute approximate surface area is 184 Å². The minimum absolute atomic E-state index is 0.0117. The molecule has 2 aliphatic rings. The fraction of sp³-hybridized carbons (Fsp3) is 0.391. The molecule has 0 saturated carbocycles. The van der Waals surface area contributed by atoms with Crippen LogP contribution in [0.2, 0.25) is 0 Å². The Bertz CT molecular complexity index is 1110. The first-order chi connectivity index (χ1) is 15.2. The number of hydrogen-bond acceptors (Lipinski definition) is 6. The van der Waals surface area contributed by atoms with Crippen LogP contribution in [0, 0.1) is 0 Å². The van der Waals surface area contributed by atoms with Gasteiger partial charge in [0.05, 0.1) is 16.8 Å². The van der Waals surface area contributed by atoms with E-state index in [-0.39, 0.29) is 17.4 Å². The number of fused-ring (bicyclic) bond motifs is 1. The molecule has 1 amide bonds. The van der Waals surface area contributed by atoms with E-state index in [2.05, 4.69) is 32.4 Å². The maximum Gasteiger partial charge on any atom is 0.255 e. The number of carbonyl (C=O) groups excluding carboxylic acids is 1. The lowest BCUT2D eigenvalue weighted by Crippen LogP contribution is -2.41. The van der Waals surface area contributed by atoms with Gasteiger partial charge in [-0.05, 0) is 36.4 Å². The van der Waals surface area contributed by atoms with E-state index in [4.69, 9.17) is 4.98 Å². The summed E-state index contributed by atoms with van der Waals surface area (Å²) in [7, 11) is 0. The van der Waals surface area contributed by atoms with Crippen LogP contribution in [0.4, 0.5) is 0 Å². The molecule has 1 atom stereocenters. The summed E-state index contributed by atoms with van der Waals surface area (Å²) in [6.07, 6.45) is 5.86. The molecule has 3 aromatic heterocycles. The molecule has 0 spiro atoms. The molecule has 3 aromatic rings. The maximum absolute atomic E-state index is 12.9. The molecule has 0 aromatic carbocycles. The van der Waals surface area contributed by atoms with E-state index in [9.17, 15) is 9.59 Å². The maximum atomic E-state index is 12.9. The minimum atomic E-state index is -0.0356. The van der Waals surface area contributed by atoms with E-state index >= 15 is 0 Å². The number of rotatable bonds is 4. The number of pyridine rings is 1. The van der Waals surface area contributed by atoms with Gasteiger partial charge in [0.15, 0.2) is 0 Å². The molecule has 5 heterocycles. The molecule has 160 valence electrons. The molecular weight excluding hydrogens is 410 g/mol. The average Bonchev–Trinajstić information content (AvgIpc) is 3.32. The van der Waals surface area contributed by atoms with Gasteiger partial charge in [-0.1, -0.05) is 6.07 Å². The van der Waals surface area contributed by atoms with Gasteiger partial charge in [-0.15, -0.1) is 11.3 Å². The van der Waals surface area contributed by atoms with Crippen molar-refractivity contribution in [3.63, 3.8) is 0 Å². The van der Waals surface area contributed by atoms with Gasteiger partial charge in [0.25, 0.3) is 11.5 Å². The molecule has 0 bridgehead atoms. The normalized spacial score (nSPS) is 19.2. The van der Waals surface area contributed by atoms with Crippen LogP contribution in [0.15, 0.2) is 46.8 Å². The Hall–Kier alpha value is -2.84. The number of carbonyl (C=O) groups is 1. The molecule has 1 N–H and O–H groups in total. The molecule has 0 aliphatic carbocycles. The van der Waals surface area contributed by atoms with Crippen LogP contribution < -0.4 is 5.56 Å². The van der Waals surface area contributed by atoms with Crippen LogP contribution in [0.25, 0.3) is 0 Å². The summed E-state index contributed by atoms with van der Waals surface area (Å²) >= 11 is 1.74. The highest BCUT2D eigenvalue weighted by atomic mass is 32.1. The zero-order valence-electron chi connectivity index (χ0n) is 17.3. The number of piperidine rings is 1. The third-order valence-electron chi connectivity index (χ3n) is 6.13. The highest BCUT2D eigenvalue weighted by molar-refractivity contribution is 7.09. The third-order valence-corrected chi connectivity index (χ3v) is 6.99. The number of nitrogens with zero attached hydrogens (tertiary/aromatic N) is 4. The average molecular weight is 436 g/mol. The van der Waals surface area contributed by atoms with Gasteiger partial charge in [-0.2, -0.15) is 0 Å². The fourth-order valence-electron chi connectivity index (χ4n) is 4.51. The topological polar surface area (TPSA) is 82.2 Å². The lowest BCUT2D eigenvalue weighted by Gasteiger charge is -2.33. The Morgan fingerprint density at radius 1 is 1.26 bits per heavy atom. The summed E-state index contributed by atoms with van der Waals surface area (Å²) in [6.45, 7) is 3.69. The largest absolute Gasteiger partial charge is 0.338 e. The number of aromatic amines is 1. The number of H-pyrrole nitrogens is 1. The molecule has 8 heteroatoms. The number of amides is 1. The highest BCUT2D eigenvalue weighted by Gasteiger charge is 2.29. The van der Waals surface area contributed by atoms with Crippen LogP contribution in [-0.4, -0.2) is 50.3 Å². The second-order valence-corrected chi connectivity index (χ2v) is 9.28. The van der Waals surface area contributed by atoms with Gasteiger partial charge in [-0.3, -0.25) is 19.5 Å². The Kier molecular flexibility index (Phi) is 5.65. The Morgan fingerprint density at radius 3 is 3.00 bits per heavy atom. The van der Waals surface area contributed by atoms with Gasteiger partial charge in [0, 0.05) is 62.3 Å². The van der Waals surface area contributed by atoms with E-state index in [1.807, 2.05) is 4.90 Å². The molecule has 1 fully saturated rings. The molecule has 2 aliphatic heterocycles. The highest BCUT2D eigenvalue weighted by Crippen LogP contribution is 2.26. The zero-order chi connectivity index (χ0) is 21.2. The third kappa shape index (κ3) is 4.31. The van der Waals surface area contributed by atoms with Crippen LogP contribution in [-0.2, 0) is 19.5 Å². The number of aromatic nitrogens is 3. The van der Waals surface area contributed by atoms with Crippen molar-refractivity contribution in [2.45, 2.75) is 38.3 Å². The van der Waals surface area contributed by atoms with Crippen molar-refractivity contribution < 1.29 is 4.79 Å². The van der Waals surface area contributed by atoms with Crippen molar-refractivity contribution in [3.05, 3.63) is 79.9 Å². The molecule has 5 rings (SSSR count). The first-order valence-electron chi connectivity index (χ1n) is 10.7. The van der Waals surface area contributed by atoms with E-state index in [1.165, 1.54) is 4.88 Å². The van der Waals surface area contributed by atoms with E-state index in [1.54, 1.807) is 35.9 Å². The fourth-order valence-corrected chi connectivity index (χ4v) is 5.25. The number of nitrogens with one attached hydrogen (secondary N) is 1. The van der Waals surface area contributed by atoms with Crippen LogP contribution in [0.3, 0.4) is 0 Å². The molecule has 7 nitrogen and oxygen atoms in total. The van der Waals surface area contributed by atoms with Crippen molar-refractivity contribution in [2.24, 2.45) is 0 Å². The first kappa shape index (κ1) is 20.1. The van der Waals surface area contributed by atoms with E-state index < -0.39 is 0 Å². The molecule has 0 radical (unpaired) electrons. The number of thiophene rings is 1. The lowest BCUT2D eigenvalue weighted by atomic mass is 9.96. The SMILES string of the molecule is O=C(c1cccnc1)N1CCCC(c2nc3c(c(=O)[nH]2)CN(Cc2cccs2)CC3)C1. The van der Waals surface area contributed by atoms with Crippen molar-refractivity contribution in [1.82, 2.24) is 24.8 Å².